The van der Waals surface area contributed by atoms with Crippen LogP contribution in [0.2, 0.25) is 0 Å². The van der Waals surface area contributed by atoms with Crippen molar-refractivity contribution >= 4 is 5.97 Å². The molecule has 0 aromatic heterocycles. The van der Waals surface area contributed by atoms with Crippen molar-refractivity contribution < 1.29 is 9.53 Å². The zero-order valence-electron chi connectivity index (χ0n) is 11.7. The number of carbonyl (C=O) groups is 1. The summed E-state index contributed by atoms with van der Waals surface area (Å²) in [5.74, 6) is 0.0532. The first-order valence-corrected chi connectivity index (χ1v) is 7.68. The van der Waals surface area contributed by atoms with E-state index in [2.05, 4.69) is 4.90 Å². The van der Waals surface area contributed by atoms with Crippen LogP contribution in [0.15, 0.2) is 0 Å². The van der Waals surface area contributed by atoms with Crippen LogP contribution in [0, 0.1) is 5.92 Å². The van der Waals surface area contributed by atoms with Gasteiger partial charge >= 0.3 is 5.97 Å². The van der Waals surface area contributed by atoms with E-state index in [0.29, 0.717) is 0 Å². The standard InChI is InChI=1S/C15H27NO2/c1-13(12-16-10-6-3-7-11-16)15(17)18-14-8-4-2-5-9-14/h13-14H,2-12H2,1H3. The molecule has 2 aliphatic rings. The maximum atomic E-state index is 12.0. The van der Waals surface area contributed by atoms with Crippen molar-refractivity contribution in [1.82, 2.24) is 4.90 Å². The van der Waals surface area contributed by atoms with E-state index >= 15 is 0 Å². The summed E-state index contributed by atoms with van der Waals surface area (Å²) in [5, 5.41) is 0. The Morgan fingerprint density at radius 1 is 1.11 bits per heavy atom. The molecular weight excluding hydrogens is 226 g/mol. The topological polar surface area (TPSA) is 29.5 Å². The van der Waals surface area contributed by atoms with Crippen LogP contribution in [-0.2, 0) is 9.53 Å². The highest BCUT2D eigenvalue weighted by Gasteiger charge is 2.23. The van der Waals surface area contributed by atoms with Gasteiger partial charge < -0.3 is 9.64 Å². The lowest BCUT2D eigenvalue weighted by Crippen LogP contribution is -2.37. The van der Waals surface area contributed by atoms with Crippen molar-refractivity contribution in [3.8, 4) is 0 Å². The lowest BCUT2D eigenvalue weighted by Gasteiger charge is -2.29. The SMILES string of the molecule is CC(CN1CCCCC1)C(=O)OC1CCCCC1. The zero-order valence-corrected chi connectivity index (χ0v) is 11.7. The Morgan fingerprint density at radius 2 is 1.72 bits per heavy atom. The van der Waals surface area contributed by atoms with Gasteiger partial charge in [-0.25, -0.2) is 0 Å². The fourth-order valence-corrected chi connectivity index (χ4v) is 3.07. The van der Waals surface area contributed by atoms with E-state index in [-0.39, 0.29) is 18.0 Å². The monoisotopic (exact) mass is 253 g/mol. The number of carbonyl (C=O) groups excluding carboxylic acids is 1. The molecule has 18 heavy (non-hydrogen) atoms. The highest BCUT2D eigenvalue weighted by Crippen LogP contribution is 2.21. The Bertz CT molecular complexity index is 255. The van der Waals surface area contributed by atoms with Crippen molar-refractivity contribution in [3.63, 3.8) is 0 Å². The van der Waals surface area contributed by atoms with Crippen molar-refractivity contribution in [2.45, 2.75) is 64.4 Å². The van der Waals surface area contributed by atoms with Crippen LogP contribution in [0.25, 0.3) is 0 Å². The third-order valence-corrected chi connectivity index (χ3v) is 4.22. The van der Waals surface area contributed by atoms with E-state index in [1.54, 1.807) is 0 Å². The van der Waals surface area contributed by atoms with Gasteiger partial charge in [-0.15, -0.1) is 0 Å². The van der Waals surface area contributed by atoms with Gasteiger partial charge in [-0.05, 0) is 51.6 Å². The molecule has 0 spiro atoms. The second-order valence-corrected chi connectivity index (χ2v) is 5.96. The van der Waals surface area contributed by atoms with E-state index in [9.17, 15) is 4.79 Å². The van der Waals surface area contributed by atoms with Crippen LogP contribution < -0.4 is 0 Å². The van der Waals surface area contributed by atoms with E-state index in [1.807, 2.05) is 6.92 Å². The lowest BCUT2D eigenvalue weighted by molar-refractivity contribution is -0.155. The second kappa shape index (κ2) is 7.13. The molecule has 1 atom stereocenters. The van der Waals surface area contributed by atoms with E-state index in [1.165, 1.54) is 38.5 Å². The fourth-order valence-electron chi connectivity index (χ4n) is 3.07. The summed E-state index contributed by atoms with van der Waals surface area (Å²) in [7, 11) is 0. The summed E-state index contributed by atoms with van der Waals surface area (Å²) in [6.45, 7) is 5.20. The maximum absolute atomic E-state index is 12.0. The summed E-state index contributed by atoms with van der Waals surface area (Å²) in [6, 6.07) is 0. The minimum atomic E-state index is 0.0208. The van der Waals surface area contributed by atoms with Gasteiger partial charge in [-0.1, -0.05) is 19.8 Å². The second-order valence-electron chi connectivity index (χ2n) is 5.96. The van der Waals surface area contributed by atoms with Gasteiger partial charge in [0.15, 0.2) is 0 Å². The molecule has 104 valence electrons. The molecule has 0 aromatic rings. The van der Waals surface area contributed by atoms with E-state index < -0.39 is 0 Å². The van der Waals surface area contributed by atoms with Gasteiger partial charge in [0, 0.05) is 6.54 Å². The Balaban J connectivity index is 1.69. The molecule has 3 heteroatoms. The molecule has 3 nitrogen and oxygen atoms in total. The Labute approximate surface area is 111 Å². The minimum Gasteiger partial charge on any atom is -0.462 e. The molecule has 2 fully saturated rings. The fraction of sp³-hybridized carbons (Fsp3) is 0.933. The normalized spacial score (nSPS) is 24.7. The van der Waals surface area contributed by atoms with Crippen molar-refractivity contribution in [3.05, 3.63) is 0 Å². The molecular formula is C15H27NO2. The Kier molecular flexibility index (Phi) is 5.48. The summed E-state index contributed by atoms with van der Waals surface area (Å²) >= 11 is 0. The Morgan fingerprint density at radius 3 is 2.39 bits per heavy atom. The van der Waals surface area contributed by atoms with Gasteiger partial charge in [0.1, 0.15) is 6.10 Å². The predicted octanol–water partition coefficient (Wildman–Crippen LogP) is 2.98. The van der Waals surface area contributed by atoms with Gasteiger partial charge in [0.05, 0.1) is 5.92 Å². The molecule has 0 aromatic carbocycles. The quantitative estimate of drug-likeness (QED) is 0.721. The lowest BCUT2D eigenvalue weighted by atomic mass is 9.97. The number of esters is 1. The zero-order chi connectivity index (χ0) is 12.8. The van der Waals surface area contributed by atoms with E-state index in [4.69, 9.17) is 4.74 Å². The van der Waals surface area contributed by atoms with Crippen molar-refractivity contribution in [2.24, 2.45) is 5.92 Å². The number of ether oxygens (including phenoxy) is 1. The summed E-state index contributed by atoms with van der Waals surface area (Å²) < 4.78 is 5.63. The molecule has 1 saturated heterocycles. The van der Waals surface area contributed by atoms with Crippen LogP contribution in [-0.4, -0.2) is 36.6 Å². The van der Waals surface area contributed by atoms with Gasteiger partial charge in [-0.2, -0.15) is 0 Å². The molecule has 0 radical (unpaired) electrons. The summed E-state index contributed by atoms with van der Waals surface area (Å²) in [5.41, 5.74) is 0. The highest BCUT2D eigenvalue weighted by molar-refractivity contribution is 5.72. The first-order valence-electron chi connectivity index (χ1n) is 7.68. The van der Waals surface area contributed by atoms with Crippen LogP contribution in [0.3, 0.4) is 0 Å². The van der Waals surface area contributed by atoms with E-state index in [0.717, 1.165) is 32.5 Å². The molecule has 1 aliphatic heterocycles. The van der Waals surface area contributed by atoms with Crippen LogP contribution >= 0.6 is 0 Å². The van der Waals surface area contributed by atoms with Crippen LogP contribution in [0.5, 0.6) is 0 Å². The van der Waals surface area contributed by atoms with Crippen LogP contribution in [0.1, 0.15) is 58.3 Å². The molecule has 1 unspecified atom stereocenters. The number of hydrogen-bond acceptors (Lipinski definition) is 3. The molecule has 2 rings (SSSR count). The van der Waals surface area contributed by atoms with Crippen molar-refractivity contribution in [2.75, 3.05) is 19.6 Å². The first-order chi connectivity index (χ1) is 8.75. The average Bonchev–Trinajstić information content (AvgIpc) is 2.41. The largest absolute Gasteiger partial charge is 0.462 e. The number of piperidine rings is 1. The molecule has 0 N–H and O–H groups in total. The number of hydrogen-bond donors (Lipinski definition) is 0. The molecule has 0 bridgehead atoms. The summed E-state index contributed by atoms with van der Waals surface area (Å²) in [4.78, 5) is 14.4. The maximum Gasteiger partial charge on any atom is 0.310 e. The highest BCUT2D eigenvalue weighted by atomic mass is 16.5. The number of nitrogens with zero attached hydrogens (tertiary/aromatic N) is 1. The first kappa shape index (κ1) is 13.9. The molecule has 1 saturated carbocycles. The smallest absolute Gasteiger partial charge is 0.310 e. The third-order valence-electron chi connectivity index (χ3n) is 4.22. The predicted molar refractivity (Wildman–Crippen MR) is 72.4 cm³/mol. The third kappa shape index (κ3) is 4.27. The minimum absolute atomic E-state index is 0.0208. The van der Waals surface area contributed by atoms with Gasteiger partial charge in [0.2, 0.25) is 0 Å². The number of rotatable bonds is 4. The average molecular weight is 253 g/mol. The molecule has 1 aliphatic carbocycles. The molecule has 1 heterocycles. The van der Waals surface area contributed by atoms with Crippen molar-refractivity contribution in [1.29, 1.82) is 0 Å². The molecule has 0 amide bonds. The van der Waals surface area contributed by atoms with Gasteiger partial charge in [-0.3, -0.25) is 4.79 Å². The number of likely N-dealkylation sites (tertiary alicyclic amines) is 1. The van der Waals surface area contributed by atoms with Crippen LogP contribution in [0.4, 0.5) is 0 Å². The Hall–Kier alpha value is -0.570. The van der Waals surface area contributed by atoms with Gasteiger partial charge in [0.25, 0.3) is 0 Å². The summed E-state index contributed by atoms with van der Waals surface area (Å²) in [6.07, 6.45) is 10.0.